The van der Waals surface area contributed by atoms with Crippen molar-refractivity contribution in [1.82, 2.24) is 4.90 Å². The van der Waals surface area contributed by atoms with Gasteiger partial charge in [0, 0.05) is 13.0 Å². The Labute approximate surface area is 50.3 Å². The third kappa shape index (κ3) is 0.856. The van der Waals surface area contributed by atoms with Crippen LogP contribution in [0.4, 0.5) is 0 Å². The molecule has 0 unspecified atom stereocenters. The second-order valence-corrected chi connectivity index (χ2v) is 2.08. The Morgan fingerprint density at radius 2 is 2.50 bits per heavy atom. The molecule has 1 rings (SSSR count). The molecule has 1 heterocycles. The van der Waals surface area contributed by atoms with Gasteiger partial charge in [0.1, 0.15) is 7.85 Å². The predicted molar refractivity (Wildman–Crippen MR) is 34.4 cm³/mol. The largest absolute Gasteiger partial charge is 0.351 e. The topological polar surface area (TPSA) is 20.3 Å². The molecule has 44 valence electrons. The van der Waals surface area contributed by atoms with Gasteiger partial charge in [0.25, 0.3) is 0 Å². The van der Waals surface area contributed by atoms with E-state index in [-0.39, 0.29) is 0 Å². The van der Waals surface area contributed by atoms with E-state index < -0.39 is 0 Å². The molecule has 0 N–H and O–H groups in total. The molecule has 1 fully saturated rings. The number of hydrogen-bond donors (Lipinski definition) is 0. The van der Waals surface area contributed by atoms with Crippen LogP contribution in [0.2, 0.25) is 0 Å². The minimum atomic E-state index is 0.326. The fourth-order valence-electron chi connectivity index (χ4n) is 1.04. The highest BCUT2D eigenvalue weighted by Crippen LogP contribution is 2.06. The summed E-state index contributed by atoms with van der Waals surface area (Å²) in [4.78, 5) is 12.6. The van der Waals surface area contributed by atoms with Gasteiger partial charge in [0.15, 0.2) is 0 Å². The quantitative estimate of drug-likeness (QED) is 0.405. The van der Waals surface area contributed by atoms with Crippen LogP contribution in [-0.4, -0.2) is 31.6 Å². The molecule has 1 amide bonds. The molecule has 1 aliphatic rings. The van der Waals surface area contributed by atoms with Gasteiger partial charge in [-0.15, -0.1) is 0 Å². The van der Waals surface area contributed by atoms with E-state index in [1.54, 1.807) is 0 Å². The molecular formula is C5H10BNO. The maximum absolute atomic E-state index is 10.7. The molecule has 0 aromatic carbocycles. The number of nitrogens with zero attached hydrogens (tertiary/aromatic N) is 1. The highest BCUT2D eigenvalue weighted by molar-refractivity contribution is 6.10. The first kappa shape index (κ1) is 5.67. The summed E-state index contributed by atoms with van der Waals surface area (Å²) in [5, 5.41) is 0. The van der Waals surface area contributed by atoms with Crippen LogP contribution in [-0.2, 0) is 4.79 Å². The molecule has 1 aliphatic heterocycles. The lowest BCUT2D eigenvalue weighted by atomic mass is 10.1. The summed E-state index contributed by atoms with van der Waals surface area (Å²) in [6.07, 6.45) is 2.72. The summed E-state index contributed by atoms with van der Waals surface area (Å²) in [7, 11) is 2.02. The minimum absolute atomic E-state index is 0.326. The number of amides is 1. The van der Waals surface area contributed by atoms with E-state index in [4.69, 9.17) is 0 Å². The maximum Gasteiger partial charge on any atom is 0.221 e. The second-order valence-electron chi connectivity index (χ2n) is 2.08. The molecule has 0 radical (unpaired) electrons. The summed E-state index contributed by atoms with van der Waals surface area (Å²) >= 11 is 0. The third-order valence-corrected chi connectivity index (χ3v) is 1.55. The van der Waals surface area contributed by atoms with Gasteiger partial charge in [-0.2, -0.15) is 0 Å². The van der Waals surface area contributed by atoms with Gasteiger partial charge in [-0.05, 0) is 12.9 Å². The zero-order valence-corrected chi connectivity index (χ0v) is 5.18. The Morgan fingerprint density at radius 1 is 1.75 bits per heavy atom. The van der Waals surface area contributed by atoms with Crippen LogP contribution in [0.25, 0.3) is 0 Å². The Kier molecular flexibility index (Phi) is 1.56. The Balaban J connectivity index is 2.42. The van der Waals surface area contributed by atoms with Crippen molar-refractivity contribution >= 4 is 13.8 Å². The summed E-state index contributed by atoms with van der Waals surface area (Å²) in [5.41, 5.74) is 0. The molecule has 0 bridgehead atoms. The van der Waals surface area contributed by atoms with Gasteiger partial charge in [-0.1, -0.05) is 0 Å². The monoisotopic (exact) mass is 111 g/mol. The molecule has 0 saturated carbocycles. The molecule has 1 saturated heterocycles. The lowest BCUT2D eigenvalue weighted by Gasteiger charge is -2.10. The van der Waals surface area contributed by atoms with E-state index in [9.17, 15) is 4.79 Å². The first-order valence-electron chi connectivity index (χ1n) is 3.12. The number of rotatable bonds is 1. The van der Waals surface area contributed by atoms with Gasteiger partial charge in [0.05, 0.1) is 0 Å². The molecule has 2 nitrogen and oxygen atoms in total. The molecular weight excluding hydrogens is 101 g/mol. The van der Waals surface area contributed by atoms with Gasteiger partial charge in [-0.25, -0.2) is 0 Å². The molecule has 3 heteroatoms. The number of carbonyl (C=O) groups is 1. The van der Waals surface area contributed by atoms with Crippen LogP contribution >= 0.6 is 0 Å². The third-order valence-electron chi connectivity index (χ3n) is 1.55. The number of carbonyl (C=O) groups excluding carboxylic acids is 1. The summed E-state index contributed by atoms with van der Waals surface area (Å²) in [6, 6.07) is 0. The van der Waals surface area contributed by atoms with E-state index in [2.05, 4.69) is 0 Å². The lowest BCUT2D eigenvalue weighted by Crippen LogP contribution is -2.25. The molecule has 0 aromatic rings. The lowest BCUT2D eigenvalue weighted by molar-refractivity contribution is -0.126. The normalized spacial score (nSPS) is 20.0. The average Bonchev–Trinajstić information content (AvgIpc) is 2.14. The highest BCUT2D eigenvalue weighted by Gasteiger charge is 2.16. The van der Waals surface area contributed by atoms with Crippen molar-refractivity contribution in [2.24, 2.45) is 0 Å². The van der Waals surface area contributed by atoms with Crippen molar-refractivity contribution in [3.63, 3.8) is 0 Å². The Morgan fingerprint density at radius 3 is 2.75 bits per heavy atom. The van der Waals surface area contributed by atoms with Crippen LogP contribution in [0, 0.1) is 0 Å². The smallest absolute Gasteiger partial charge is 0.221 e. The van der Waals surface area contributed by atoms with Crippen LogP contribution in [0.15, 0.2) is 0 Å². The SMILES string of the molecule is BCN1CCCC1=O. The van der Waals surface area contributed by atoms with E-state index in [0.29, 0.717) is 5.91 Å². The van der Waals surface area contributed by atoms with E-state index >= 15 is 0 Å². The molecule has 8 heavy (non-hydrogen) atoms. The first-order valence-corrected chi connectivity index (χ1v) is 3.12. The summed E-state index contributed by atoms with van der Waals surface area (Å²) in [6.45, 7) is 0.981. The fourth-order valence-corrected chi connectivity index (χ4v) is 1.04. The molecule has 0 aliphatic carbocycles. The van der Waals surface area contributed by atoms with E-state index in [1.807, 2.05) is 12.7 Å². The Bertz CT molecular complexity index is 105. The zero-order chi connectivity index (χ0) is 5.98. The number of hydrogen-bond acceptors (Lipinski definition) is 1. The van der Waals surface area contributed by atoms with Crippen molar-refractivity contribution < 1.29 is 4.79 Å². The van der Waals surface area contributed by atoms with Crippen LogP contribution in [0.5, 0.6) is 0 Å². The summed E-state index contributed by atoms with van der Waals surface area (Å²) in [5.74, 6) is 0.326. The van der Waals surface area contributed by atoms with Gasteiger partial charge in [-0.3, -0.25) is 4.79 Å². The minimum Gasteiger partial charge on any atom is -0.351 e. The first-order chi connectivity index (χ1) is 3.84. The standard InChI is InChI=1S/C5H10BNO/c6-4-7-3-1-2-5(7)8/h1-4,6H2. The van der Waals surface area contributed by atoms with Gasteiger partial charge >= 0.3 is 0 Å². The number of likely N-dealkylation sites (tertiary alicyclic amines) is 1. The van der Waals surface area contributed by atoms with Crippen LogP contribution < -0.4 is 0 Å². The van der Waals surface area contributed by atoms with Crippen LogP contribution in [0.1, 0.15) is 12.8 Å². The zero-order valence-electron chi connectivity index (χ0n) is 5.18. The summed E-state index contributed by atoms with van der Waals surface area (Å²) < 4.78 is 0. The van der Waals surface area contributed by atoms with Crippen molar-refractivity contribution in [1.29, 1.82) is 0 Å². The van der Waals surface area contributed by atoms with Crippen molar-refractivity contribution in [2.75, 3.05) is 13.0 Å². The second kappa shape index (κ2) is 2.20. The van der Waals surface area contributed by atoms with Gasteiger partial charge in [0.2, 0.25) is 5.91 Å². The highest BCUT2D eigenvalue weighted by atomic mass is 16.2. The van der Waals surface area contributed by atoms with Crippen molar-refractivity contribution in [3.8, 4) is 0 Å². The van der Waals surface area contributed by atoms with Crippen molar-refractivity contribution in [2.45, 2.75) is 12.8 Å². The predicted octanol–water partition coefficient (Wildman–Crippen LogP) is -0.801. The molecule has 0 atom stereocenters. The average molecular weight is 111 g/mol. The van der Waals surface area contributed by atoms with E-state index in [0.717, 1.165) is 25.8 Å². The molecule has 0 aromatic heterocycles. The molecule has 0 spiro atoms. The van der Waals surface area contributed by atoms with E-state index in [1.165, 1.54) is 0 Å². The maximum atomic E-state index is 10.7. The van der Waals surface area contributed by atoms with Crippen molar-refractivity contribution in [3.05, 3.63) is 0 Å². The van der Waals surface area contributed by atoms with Crippen LogP contribution in [0.3, 0.4) is 0 Å². The fraction of sp³-hybridized carbons (Fsp3) is 0.800. The Hall–Kier alpha value is -0.465. The van der Waals surface area contributed by atoms with Gasteiger partial charge < -0.3 is 4.90 Å².